The Morgan fingerprint density at radius 2 is 1.79 bits per heavy atom. The van der Waals surface area contributed by atoms with E-state index in [1.165, 1.54) is 13.0 Å². The van der Waals surface area contributed by atoms with Crippen LogP contribution < -0.4 is 5.32 Å². The van der Waals surface area contributed by atoms with Crippen molar-refractivity contribution in [3.63, 3.8) is 0 Å². The van der Waals surface area contributed by atoms with Gasteiger partial charge in [-0.05, 0) is 19.1 Å². The molecule has 7 heteroatoms. The van der Waals surface area contributed by atoms with Crippen LogP contribution in [-0.2, 0) is 0 Å². The van der Waals surface area contributed by atoms with Crippen molar-refractivity contribution in [2.75, 3.05) is 5.32 Å². The fourth-order valence-corrected chi connectivity index (χ4v) is 1.49. The van der Waals surface area contributed by atoms with Gasteiger partial charge in [0, 0.05) is 17.8 Å². The molecule has 0 aliphatic rings. The first kappa shape index (κ1) is 13.3. The molecule has 1 aromatic carbocycles. The Hall–Kier alpha value is -2.18. The van der Waals surface area contributed by atoms with Gasteiger partial charge in [-0.15, -0.1) is 0 Å². The maximum Gasteiger partial charge on any atom is 0.280 e. The van der Waals surface area contributed by atoms with Crippen LogP contribution in [0.3, 0.4) is 0 Å². The van der Waals surface area contributed by atoms with Gasteiger partial charge in [-0.25, -0.2) is 27.5 Å². The zero-order valence-electron chi connectivity index (χ0n) is 9.79. The smallest absolute Gasteiger partial charge is 0.280 e. The molecule has 0 spiro atoms. The minimum absolute atomic E-state index is 0.0915. The zero-order valence-corrected chi connectivity index (χ0v) is 9.79. The van der Waals surface area contributed by atoms with Crippen molar-refractivity contribution in [3.05, 3.63) is 47.4 Å². The van der Waals surface area contributed by atoms with E-state index in [1.54, 1.807) is 0 Å². The molecule has 2 rings (SSSR count). The van der Waals surface area contributed by atoms with Gasteiger partial charge in [-0.3, -0.25) is 0 Å². The molecule has 1 heterocycles. The lowest BCUT2D eigenvalue weighted by Gasteiger charge is -2.08. The van der Waals surface area contributed by atoms with Gasteiger partial charge < -0.3 is 5.32 Å². The molecule has 0 fully saturated rings. The summed E-state index contributed by atoms with van der Waals surface area (Å²) in [6.07, 6.45) is -2.73. The Morgan fingerprint density at radius 3 is 2.42 bits per heavy atom. The summed E-state index contributed by atoms with van der Waals surface area (Å²) in [5.41, 5.74) is -0.227. The summed E-state index contributed by atoms with van der Waals surface area (Å²) in [6.45, 7) is 1.46. The largest absolute Gasteiger partial charge is 0.340 e. The highest BCUT2D eigenvalue weighted by atomic mass is 19.3. The molecule has 0 saturated heterocycles. The first-order valence-electron chi connectivity index (χ1n) is 5.31. The normalized spacial score (nSPS) is 10.8. The number of hydrogen-bond acceptors (Lipinski definition) is 3. The van der Waals surface area contributed by atoms with Gasteiger partial charge in [0.25, 0.3) is 6.43 Å². The van der Waals surface area contributed by atoms with Crippen molar-refractivity contribution < 1.29 is 17.6 Å². The van der Waals surface area contributed by atoms with Crippen molar-refractivity contribution in [1.29, 1.82) is 0 Å². The first-order chi connectivity index (χ1) is 8.95. The van der Waals surface area contributed by atoms with Crippen LogP contribution in [0.2, 0.25) is 0 Å². The van der Waals surface area contributed by atoms with Crippen molar-refractivity contribution in [2.45, 2.75) is 13.3 Å². The Bertz CT molecular complexity index is 602. The Morgan fingerprint density at radius 1 is 1.05 bits per heavy atom. The van der Waals surface area contributed by atoms with E-state index >= 15 is 0 Å². The van der Waals surface area contributed by atoms with Crippen molar-refractivity contribution in [2.24, 2.45) is 0 Å². The third kappa shape index (κ3) is 3.18. The summed E-state index contributed by atoms with van der Waals surface area (Å²) in [6, 6.07) is 4.17. The average molecular weight is 271 g/mol. The average Bonchev–Trinajstić information content (AvgIpc) is 2.33. The van der Waals surface area contributed by atoms with Crippen LogP contribution in [0.25, 0.3) is 0 Å². The van der Waals surface area contributed by atoms with Crippen LogP contribution >= 0.6 is 0 Å². The first-order valence-corrected chi connectivity index (χ1v) is 5.31. The number of benzene rings is 1. The summed E-state index contributed by atoms with van der Waals surface area (Å²) in [7, 11) is 0. The van der Waals surface area contributed by atoms with Crippen LogP contribution in [0, 0.1) is 18.6 Å². The molecular weight excluding hydrogens is 262 g/mol. The Labute approximate surface area is 106 Å². The SMILES string of the molecule is Cc1nc(Nc2ccc(F)c(F)c2)cc(C(F)F)n1. The summed E-state index contributed by atoms with van der Waals surface area (Å²) in [5, 5.41) is 2.62. The number of nitrogens with zero attached hydrogens (tertiary/aromatic N) is 2. The number of anilines is 2. The molecule has 3 nitrogen and oxygen atoms in total. The highest BCUT2D eigenvalue weighted by Gasteiger charge is 2.12. The molecular formula is C12H9F4N3. The summed E-state index contributed by atoms with van der Waals surface area (Å²) in [4.78, 5) is 7.46. The standard InChI is InChI=1S/C12H9F4N3/c1-6-17-10(12(15)16)5-11(18-6)19-7-2-3-8(13)9(14)4-7/h2-5,12H,1H3,(H,17,18,19). The maximum atomic E-state index is 13.0. The van der Waals surface area contributed by atoms with E-state index < -0.39 is 23.8 Å². The fraction of sp³-hybridized carbons (Fsp3) is 0.167. The quantitative estimate of drug-likeness (QED) is 0.864. The highest BCUT2D eigenvalue weighted by Crippen LogP contribution is 2.22. The summed E-state index contributed by atoms with van der Waals surface area (Å²) < 4.78 is 50.9. The van der Waals surface area contributed by atoms with Gasteiger partial charge in [-0.1, -0.05) is 0 Å². The number of aryl methyl sites for hydroxylation is 1. The van der Waals surface area contributed by atoms with E-state index in [2.05, 4.69) is 15.3 Å². The molecule has 0 bridgehead atoms. The van der Waals surface area contributed by atoms with E-state index in [9.17, 15) is 17.6 Å². The molecule has 100 valence electrons. The Balaban J connectivity index is 2.29. The van der Waals surface area contributed by atoms with Gasteiger partial charge in [0.05, 0.1) is 0 Å². The van der Waals surface area contributed by atoms with Gasteiger partial charge in [0.15, 0.2) is 11.6 Å². The monoisotopic (exact) mass is 271 g/mol. The molecule has 0 unspecified atom stereocenters. The van der Waals surface area contributed by atoms with Crippen LogP contribution in [0.15, 0.2) is 24.3 Å². The number of rotatable bonds is 3. The lowest BCUT2D eigenvalue weighted by molar-refractivity contribution is 0.145. The molecule has 0 aliphatic heterocycles. The molecule has 0 atom stereocenters. The van der Waals surface area contributed by atoms with E-state index in [4.69, 9.17) is 0 Å². The van der Waals surface area contributed by atoms with Crippen molar-refractivity contribution >= 4 is 11.5 Å². The molecule has 0 aliphatic carbocycles. The van der Waals surface area contributed by atoms with E-state index in [0.717, 1.165) is 18.2 Å². The second-order valence-corrected chi connectivity index (χ2v) is 3.78. The topological polar surface area (TPSA) is 37.8 Å². The molecule has 0 amide bonds. The summed E-state index contributed by atoms with van der Waals surface area (Å²) in [5.74, 6) is -1.78. The van der Waals surface area contributed by atoms with Gasteiger partial charge in [0.2, 0.25) is 0 Å². The lowest BCUT2D eigenvalue weighted by Crippen LogP contribution is -2.01. The minimum Gasteiger partial charge on any atom is -0.340 e. The zero-order chi connectivity index (χ0) is 14.0. The predicted molar refractivity (Wildman–Crippen MR) is 61.4 cm³/mol. The molecule has 2 aromatic rings. The number of halogens is 4. The number of nitrogens with one attached hydrogen (secondary N) is 1. The van der Waals surface area contributed by atoms with Gasteiger partial charge in [0.1, 0.15) is 17.3 Å². The van der Waals surface area contributed by atoms with Crippen LogP contribution in [0.4, 0.5) is 29.1 Å². The molecule has 1 N–H and O–H groups in total. The maximum absolute atomic E-state index is 13.0. The number of hydrogen-bond donors (Lipinski definition) is 1. The van der Waals surface area contributed by atoms with Crippen LogP contribution in [0.5, 0.6) is 0 Å². The molecule has 0 saturated carbocycles. The third-order valence-electron chi connectivity index (χ3n) is 2.27. The van der Waals surface area contributed by atoms with Gasteiger partial charge >= 0.3 is 0 Å². The van der Waals surface area contributed by atoms with Crippen LogP contribution in [0.1, 0.15) is 17.9 Å². The van der Waals surface area contributed by atoms with Gasteiger partial charge in [-0.2, -0.15) is 0 Å². The van der Waals surface area contributed by atoms with E-state index in [1.807, 2.05) is 0 Å². The second-order valence-electron chi connectivity index (χ2n) is 3.78. The number of alkyl halides is 2. The highest BCUT2D eigenvalue weighted by molar-refractivity contribution is 5.56. The Kier molecular flexibility index (Phi) is 3.64. The predicted octanol–water partition coefficient (Wildman–Crippen LogP) is 3.74. The second kappa shape index (κ2) is 5.21. The summed E-state index contributed by atoms with van der Waals surface area (Å²) >= 11 is 0. The lowest BCUT2D eigenvalue weighted by atomic mass is 10.3. The minimum atomic E-state index is -2.73. The molecule has 19 heavy (non-hydrogen) atoms. The molecule has 1 aromatic heterocycles. The third-order valence-corrected chi connectivity index (χ3v) is 2.27. The van der Waals surface area contributed by atoms with Crippen LogP contribution in [-0.4, -0.2) is 9.97 Å². The van der Waals surface area contributed by atoms with E-state index in [-0.39, 0.29) is 17.3 Å². The van der Waals surface area contributed by atoms with Crippen molar-refractivity contribution in [1.82, 2.24) is 9.97 Å². The molecule has 0 radical (unpaired) electrons. The fourth-order valence-electron chi connectivity index (χ4n) is 1.49. The number of aromatic nitrogens is 2. The van der Waals surface area contributed by atoms with E-state index in [0.29, 0.717) is 0 Å². The van der Waals surface area contributed by atoms with Crippen molar-refractivity contribution in [3.8, 4) is 0 Å².